The van der Waals surface area contributed by atoms with Crippen molar-refractivity contribution in [3.05, 3.63) is 53.1 Å². The van der Waals surface area contributed by atoms with Gasteiger partial charge in [-0.25, -0.2) is 4.72 Å². The molecule has 4 bridgehead atoms. The zero-order chi connectivity index (χ0) is 30.8. The number of carbonyl (C=O) groups is 2. The SMILES string of the molecule is COc1ccc2c(c1)[C@@H]1CC13Cn1c-2c(C2CCCCC2)c2ccc(cc21)C(=O)NS(=O)(=O)N(C)CCOCCN(C)C3=O. The number of nitrogens with zero attached hydrogens (tertiary/aromatic N) is 3. The predicted molar refractivity (Wildman–Crippen MR) is 167 cm³/mol. The van der Waals surface area contributed by atoms with Gasteiger partial charge in [0.15, 0.2) is 0 Å². The number of rotatable bonds is 2. The molecule has 3 aromatic rings. The Balaban J connectivity index is 1.48. The fraction of sp³-hybridized carbons (Fsp3) is 0.515. The van der Waals surface area contributed by atoms with Gasteiger partial charge in [-0.15, -0.1) is 0 Å². The van der Waals surface area contributed by atoms with Crippen LogP contribution in [0, 0.1) is 5.41 Å². The van der Waals surface area contributed by atoms with Crippen LogP contribution < -0.4 is 9.46 Å². The summed E-state index contributed by atoms with van der Waals surface area (Å²) in [5.41, 5.74) is 5.08. The first-order chi connectivity index (χ1) is 21.1. The molecule has 44 heavy (non-hydrogen) atoms. The van der Waals surface area contributed by atoms with E-state index < -0.39 is 21.5 Å². The van der Waals surface area contributed by atoms with Crippen molar-refractivity contribution >= 4 is 32.9 Å². The Bertz CT molecular complexity index is 1760. The van der Waals surface area contributed by atoms with E-state index in [-0.39, 0.29) is 37.1 Å². The van der Waals surface area contributed by atoms with Crippen LogP contribution in [0.5, 0.6) is 5.75 Å². The summed E-state index contributed by atoms with van der Waals surface area (Å²) >= 11 is 0. The lowest BCUT2D eigenvalue weighted by Gasteiger charge is -2.25. The molecule has 2 saturated carbocycles. The highest BCUT2D eigenvalue weighted by molar-refractivity contribution is 7.87. The van der Waals surface area contributed by atoms with E-state index in [0.717, 1.165) is 69.9 Å². The second kappa shape index (κ2) is 10.9. The molecule has 234 valence electrons. The molecule has 4 aliphatic rings. The fourth-order valence-electron chi connectivity index (χ4n) is 7.77. The first-order valence-electron chi connectivity index (χ1n) is 15.6. The Kier molecular flexibility index (Phi) is 7.25. The highest BCUT2D eigenvalue weighted by Crippen LogP contribution is 2.66. The van der Waals surface area contributed by atoms with Crippen molar-refractivity contribution in [1.29, 1.82) is 0 Å². The van der Waals surface area contributed by atoms with E-state index in [4.69, 9.17) is 9.47 Å². The van der Waals surface area contributed by atoms with Crippen molar-refractivity contribution in [1.82, 2.24) is 18.5 Å². The number of amides is 2. The number of benzene rings is 2. The van der Waals surface area contributed by atoms with Gasteiger partial charge in [0.25, 0.3) is 5.91 Å². The molecule has 1 aromatic heterocycles. The maximum Gasteiger partial charge on any atom is 0.303 e. The molecule has 10 nitrogen and oxygen atoms in total. The van der Waals surface area contributed by atoms with Gasteiger partial charge in [-0.1, -0.05) is 25.3 Å². The molecular weight excluding hydrogens is 580 g/mol. The summed E-state index contributed by atoms with van der Waals surface area (Å²) in [5, 5.41) is 1.06. The molecule has 2 aliphatic carbocycles. The molecule has 1 N–H and O–H groups in total. The summed E-state index contributed by atoms with van der Waals surface area (Å²) in [5.74, 6) is 0.538. The van der Waals surface area contributed by atoms with Gasteiger partial charge in [-0.2, -0.15) is 12.7 Å². The molecular formula is C33H40N4O6S. The van der Waals surface area contributed by atoms with Gasteiger partial charge in [0.05, 0.1) is 31.4 Å². The third-order valence-corrected chi connectivity index (χ3v) is 11.8. The van der Waals surface area contributed by atoms with Gasteiger partial charge in [-0.3, -0.25) is 9.59 Å². The molecule has 2 fully saturated rings. The molecule has 2 aliphatic heterocycles. The van der Waals surface area contributed by atoms with Crippen LogP contribution in [0.1, 0.15) is 71.8 Å². The van der Waals surface area contributed by atoms with Gasteiger partial charge < -0.3 is 18.9 Å². The average molecular weight is 621 g/mol. The molecule has 7 rings (SSSR count). The number of likely N-dealkylation sites (N-methyl/N-ethyl adjacent to an activating group) is 2. The second-order valence-electron chi connectivity index (χ2n) is 12.9. The molecule has 2 atom stereocenters. The quantitative estimate of drug-likeness (QED) is 0.459. The minimum atomic E-state index is -4.08. The van der Waals surface area contributed by atoms with Crippen LogP contribution in [0.3, 0.4) is 0 Å². The lowest BCUT2D eigenvalue weighted by atomic mass is 9.81. The van der Waals surface area contributed by atoms with Crippen LogP contribution in [0.25, 0.3) is 22.2 Å². The first-order valence-corrected chi connectivity index (χ1v) is 17.0. The van der Waals surface area contributed by atoms with E-state index in [9.17, 15) is 18.0 Å². The Morgan fingerprint density at radius 2 is 1.77 bits per heavy atom. The molecule has 2 aromatic carbocycles. The minimum absolute atomic E-state index is 0.0324. The summed E-state index contributed by atoms with van der Waals surface area (Å²) in [6, 6.07) is 11.7. The Hall–Kier alpha value is -3.41. The van der Waals surface area contributed by atoms with Crippen molar-refractivity contribution in [2.45, 2.75) is 56.9 Å². The van der Waals surface area contributed by atoms with Crippen molar-refractivity contribution in [3.63, 3.8) is 0 Å². The molecule has 0 radical (unpaired) electrons. The Labute approximate surface area is 258 Å². The van der Waals surface area contributed by atoms with Crippen LogP contribution >= 0.6 is 0 Å². The highest BCUT2D eigenvalue weighted by Gasteiger charge is 2.63. The van der Waals surface area contributed by atoms with Gasteiger partial charge in [0, 0.05) is 61.7 Å². The van der Waals surface area contributed by atoms with Crippen molar-refractivity contribution in [2.75, 3.05) is 47.5 Å². The zero-order valence-electron chi connectivity index (χ0n) is 25.6. The fourth-order valence-corrected chi connectivity index (χ4v) is 8.60. The topological polar surface area (TPSA) is 110 Å². The number of hydrogen-bond acceptors (Lipinski definition) is 6. The third-order valence-electron chi connectivity index (χ3n) is 10.3. The lowest BCUT2D eigenvalue weighted by Crippen LogP contribution is -2.43. The second-order valence-corrected chi connectivity index (χ2v) is 14.7. The standard InChI is InChI=1S/C33H40N4O6S/c1-35-13-15-43-16-14-36(2)44(40,41)34-31(38)22-9-11-25-28(17-22)37-20-33(32(35)39)19-27(33)26-18-23(42-3)10-12-24(26)30(37)29(25)21-7-5-4-6-8-21/h9-12,17-18,21,27H,4-8,13-16,19-20H2,1-3H3,(H,34,38)/t27-,33?/m0/s1. The van der Waals surface area contributed by atoms with Crippen molar-refractivity contribution in [2.24, 2.45) is 5.41 Å². The van der Waals surface area contributed by atoms with Crippen LogP contribution in [0.4, 0.5) is 0 Å². The number of aromatic nitrogens is 1. The number of carbonyl (C=O) groups excluding carboxylic acids is 2. The number of fused-ring (bicyclic) bond motifs is 4. The van der Waals surface area contributed by atoms with Gasteiger partial charge in [-0.05, 0) is 66.6 Å². The first kappa shape index (κ1) is 29.3. The largest absolute Gasteiger partial charge is 0.497 e. The lowest BCUT2D eigenvalue weighted by molar-refractivity contribution is -0.137. The van der Waals surface area contributed by atoms with Gasteiger partial charge in [0.2, 0.25) is 5.91 Å². The van der Waals surface area contributed by atoms with E-state index in [2.05, 4.69) is 21.4 Å². The minimum Gasteiger partial charge on any atom is -0.497 e. The van der Waals surface area contributed by atoms with E-state index in [1.165, 1.54) is 19.0 Å². The van der Waals surface area contributed by atoms with Gasteiger partial charge in [0.1, 0.15) is 5.75 Å². The molecule has 1 unspecified atom stereocenters. The number of nitrogens with one attached hydrogen (secondary N) is 1. The normalized spacial score (nSPS) is 26.2. The molecule has 0 saturated heterocycles. The van der Waals surface area contributed by atoms with E-state index in [0.29, 0.717) is 19.0 Å². The predicted octanol–water partition coefficient (Wildman–Crippen LogP) is 4.25. The summed E-state index contributed by atoms with van der Waals surface area (Å²) in [6.45, 7) is 1.35. The van der Waals surface area contributed by atoms with Crippen molar-refractivity contribution < 1.29 is 27.5 Å². The highest BCUT2D eigenvalue weighted by atomic mass is 32.2. The monoisotopic (exact) mass is 620 g/mol. The third kappa shape index (κ3) is 4.71. The maximum absolute atomic E-state index is 14.3. The van der Waals surface area contributed by atoms with Crippen LogP contribution in [-0.4, -0.2) is 81.5 Å². The maximum atomic E-state index is 14.3. The molecule has 3 heterocycles. The Morgan fingerprint density at radius 1 is 1.00 bits per heavy atom. The van der Waals surface area contributed by atoms with Crippen molar-refractivity contribution in [3.8, 4) is 17.0 Å². The summed E-state index contributed by atoms with van der Waals surface area (Å²) in [6.07, 6.45) is 6.44. The number of methoxy groups -OCH3 is 1. The summed E-state index contributed by atoms with van der Waals surface area (Å²) < 4.78 is 43.0. The average Bonchev–Trinajstić information content (AvgIpc) is 3.69. The number of ether oxygens (including phenoxy) is 2. The van der Waals surface area contributed by atoms with Crippen LogP contribution in [0.2, 0.25) is 0 Å². The molecule has 11 heteroatoms. The summed E-state index contributed by atoms with van der Waals surface area (Å²) in [4.78, 5) is 29.5. The molecule has 1 spiro atoms. The summed E-state index contributed by atoms with van der Waals surface area (Å²) in [7, 11) is 0.821. The Morgan fingerprint density at radius 3 is 2.55 bits per heavy atom. The van der Waals surface area contributed by atoms with E-state index in [1.54, 1.807) is 18.1 Å². The molecule has 2 amide bonds. The van der Waals surface area contributed by atoms with Gasteiger partial charge >= 0.3 is 10.2 Å². The smallest absolute Gasteiger partial charge is 0.303 e. The zero-order valence-corrected chi connectivity index (χ0v) is 26.4. The van der Waals surface area contributed by atoms with E-state index in [1.807, 2.05) is 25.2 Å². The van der Waals surface area contributed by atoms with Crippen LogP contribution in [-0.2, 0) is 26.3 Å². The number of hydrogen-bond donors (Lipinski definition) is 1. The van der Waals surface area contributed by atoms with E-state index >= 15 is 0 Å². The van der Waals surface area contributed by atoms with Crippen LogP contribution in [0.15, 0.2) is 36.4 Å².